The van der Waals surface area contributed by atoms with E-state index in [0.29, 0.717) is 0 Å². The number of halogens is 1. The lowest BCUT2D eigenvalue weighted by Crippen LogP contribution is -1.80. The summed E-state index contributed by atoms with van der Waals surface area (Å²) in [6.45, 7) is 4.18. The average molecular weight is 223 g/mol. The lowest BCUT2D eigenvalue weighted by atomic mass is 10.1. The molecule has 12 heavy (non-hydrogen) atoms. The Kier molecular flexibility index (Phi) is 3.37. The summed E-state index contributed by atoms with van der Waals surface area (Å²) in [4.78, 5) is 0. The van der Waals surface area contributed by atoms with Gasteiger partial charge in [0.25, 0.3) is 0 Å². The summed E-state index contributed by atoms with van der Waals surface area (Å²) in [7, 11) is 0. The first kappa shape index (κ1) is 9.35. The third kappa shape index (κ3) is 2.71. The van der Waals surface area contributed by atoms with Crippen LogP contribution < -0.4 is 0 Å². The van der Waals surface area contributed by atoms with Gasteiger partial charge in [-0.15, -0.1) is 0 Å². The second-order valence-corrected chi connectivity index (χ2v) is 3.37. The van der Waals surface area contributed by atoms with Crippen LogP contribution in [0, 0.1) is 25.7 Å². The summed E-state index contributed by atoms with van der Waals surface area (Å²) in [5.41, 5.74) is 3.65. The summed E-state index contributed by atoms with van der Waals surface area (Å²) in [5, 5.41) is 0.736. The van der Waals surface area contributed by atoms with Crippen molar-refractivity contribution < 1.29 is 0 Å². The fourth-order valence-electron chi connectivity index (χ4n) is 1.18. The molecule has 0 N–H and O–H groups in total. The molecule has 0 atom stereocenters. The highest BCUT2D eigenvalue weighted by molar-refractivity contribution is 9.09. The molecular formula is C11H11Br. The highest BCUT2D eigenvalue weighted by atomic mass is 79.9. The Balaban J connectivity index is 3.01. The normalized spacial score (nSPS) is 8.92. The third-order valence-electron chi connectivity index (χ3n) is 1.52. The van der Waals surface area contributed by atoms with Crippen LogP contribution in [0.4, 0.5) is 0 Å². The minimum absolute atomic E-state index is 0.736. The van der Waals surface area contributed by atoms with Gasteiger partial charge >= 0.3 is 0 Å². The van der Waals surface area contributed by atoms with Crippen LogP contribution in [0.1, 0.15) is 16.7 Å². The number of hydrogen-bond donors (Lipinski definition) is 0. The topological polar surface area (TPSA) is 0 Å². The van der Waals surface area contributed by atoms with Gasteiger partial charge in [0, 0.05) is 5.56 Å². The smallest absolute Gasteiger partial charge is 0.0649 e. The summed E-state index contributed by atoms with van der Waals surface area (Å²) < 4.78 is 0. The van der Waals surface area contributed by atoms with E-state index in [0.717, 1.165) is 10.9 Å². The van der Waals surface area contributed by atoms with E-state index < -0.39 is 0 Å². The molecule has 0 amide bonds. The maximum atomic E-state index is 3.27. The Morgan fingerprint density at radius 3 is 2.25 bits per heavy atom. The van der Waals surface area contributed by atoms with E-state index in [4.69, 9.17) is 0 Å². The Morgan fingerprint density at radius 1 is 1.17 bits per heavy atom. The van der Waals surface area contributed by atoms with Crippen molar-refractivity contribution in [3.63, 3.8) is 0 Å². The van der Waals surface area contributed by atoms with Crippen molar-refractivity contribution in [3.8, 4) is 11.8 Å². The number of rotatable bonds is 0. The fraction of sp³-hybridized carbons (Fsp3) is 0.273. The lowest BCUT2D eigenvalue weighted by molar-refractivity contribution is 1.37. The van der Waals surface area contributed by atoms with Gasteiger partial charge in [-0.05, 0) is 37.1 Å². The van der Waals surface area contributed by atoms with Crippen LogP contribution in [-0.2, 0) is 0 Å². The van der Waals surface area contributed by atoms with Gasteiger partial charge < -0.3 is 0 Å². The molecule has 0 nitrogen and oxygen atoms in total. The van der Waals surface area contributed by atoms with Crippen LogP contribution in [0.25, 0.3) is 0 Å². The first-order valence-electron chi connectivity index (χ1n) is 3.85. The Labute approximate surface area is 82.1 Å². The lowest BCUT2D eigenvalue weighted by Gasteiger charge is -1.96. The Morgan fingerprint density at radius 2 is 1.75 bits per heavy atom. The van der Waals surface area contributed by atoms with Crippen LogP contribution in [0.5, 0.6) is 0 Å². The van der Waals surface area contributed by atoms with Crippen LogP contribution >= 0.6 is 15.9 Å². The summed E-state index contributed by atoms with van der Waals surface area (Å²) in [6.07, 6.45) is 0. The molecule has 0 aromatic heterocycles. The second kappa shape index (κ2) is 4.33. The van der Waals surface area contributed by atoms with E-state index in [1.165, 1.54) is 11.1 Å². The highest BCUT2D eigenvalue weighted by Crippen LogP contribution is 2.07. The van der Waals surface area contributed by atoms with Gasteiger partial charge in [0.05, 0.1) is 5.33 Å². The van der Waals surface area contributed by atoms with Crippen molar-refractivity contribution >= 4 is 15.9 Å². The molecule has 0 radical (unpaired) electrons. The van der Waals surface area contributed by atoms with Gasteiger partial charge in [0.2, 0.25) is 0 Å². The molecule has 0 saturated carbocycles. The first-order valence-corrected chi connectivity index (χ1v) is 4.97. The summed E-state index contributed by atoms with van der Waals surface area (Å²) in [6, 6.07) is 6.35. The molecule has 0 aliphatic carbocycles. The Bertz CT molecular complexity index is 308. The summed E-state index contributed by atoms with van der Waals surface area (Å²) in [5.74, 6) is 6.06. The molecule has 0 heterocycles. The van der Waals surface area contributed by atoms with Gasteiger partial charge in [-0.3, -0.25) is 0 Å². The summed E-state index contributed by atoms with van der Waals surface area (Å²) >= 11 is 3.27. The first-order chi connectivity index (χ1) is 5.72. The van der Waals surface area contributed by atoms with E-state index in [2.05, 4.69) is 59.8 Å². The van der Waals surface area contributed by atoms with Crippen molar-refractivity contribution in [2.75, 3.05) is 5.33 Å². The van der Waals surface area contributed by atoms with Gasteiger partial charge in [-0.2, -0.15) is 0 Å². The largest absolute Gasteiger partial charge is 0.0863 e. The van der Waals surface area contributed by atoms with Crippen molar-refractivity contribution in [2.24, 2.45) is 0 Å². The molecule has 1 aromatic rings. The van der Waals surface area contributed by atoms with Crippen molar-refractivity contribution in [2.45, 2.75) is 13.8 Å². The zero-order valence-electron chi connectivity index (χ0n) is 7.32. The standard InChI is InChI=1S/C11H11Br/c1-9-6-10(2)8-11(7-9)4-3-5-12/h6-8H,5H2,1-2H3. The van der Waals surface area contributed by atoms with Crippen LogP contribution in [0.2, 0.25) is 0 Å². The van der Waals surface area contributed by atoms with Gasteiger partial charge in [-0.1, -0.05) is 33.8 Å². The van der Waals surface area contributed by atoms with E-state index in [-0.39, 0.29) is 0 Å². The van der Waals surface area contributed by atoms with E-state index >= 15 is 0 Å². The molecule has 1 heteroatoms. The van der Waals surface area contributed by atoms with Crippen LogP contribution in [-0.4, -0.2) is 5.33 Å². The number of aryl methyl sites for hydroxylation is 2. The number of benzene rings is 1. The molecule has 1 rings (SSSR count). The zero-order valence-corrected chi connectivity index (χ0v) is 8.90. The molecule has 0 aliphatic heterocycles. The van der Waals surface area contributed by atoms with Crippen molar-refractivity contribution in [3.05, 3.63) is 34.9 Å². The minimum Gasteiger partial charge on any atom is -0.0863 e. The molecule has 0 unspecified atom stereocenters. The SMILES string of the molecule is Cc1cc(C)cc(C#CCBr)c1. The fourth-order valence-corrected chi connectivity index (χ4v) is 1.32. The monoisotopic (exact) mass is 222 g/mol. The number of alkyl halides is 1. The molecule has 0 saturated heterocycles. The van der Waals surface area contributed by atoms with Crippen LogP contribution in [0.3, 0.4) is 0 Å². The van der Waals surface area contributed by atoms with E-state index in [9.17, 15) is 0 Å². The van der Waals surface area contributed by atoms with Gasteiger partial charge in [-0.25, -0.2) is 0 Å². The predicted molar refractivity (Wildman–Crippen MR) is 56.6 cm³/mol. The molecule has 0 aliphatic rings. The molecule has 0 fully saturated rings. The van der Waals surface area contributed by atoms with Crippen molar-refractivity contribution in [1.29, 1.82) is 0 Å². The zero-order chi connectivity index (χ0) is 8.97. The Hall–Kier alpha value is -0.740. The van der Waals surface area contributed by atoms with Crippen molar-refractivity contribution in [1.82, 2.24) is 0 Å². The molecule has 1 aromatic carbocycles. The molecule has 0 spiro atoms. The van der Waals surface area contributed by atoms with Gasteiger partial charge in [0.1, 0.15) is 0 Å². The second-order valence-electron chi connectivity index (χ2n) is 2.81. The quantitative estimate of drug-likeness (QED) is 0.468. The maximum absolute atomic E-state index is 3.27. The third-order valence-corrected chi connectivity index (χ3v) is 1.80. The molecule has 62 valence electrons. The van der Waals surface area contributed by atoms with E-state index in [1.807, 2.05) is 0 Å². The van der Waals surface area contributed by atoms with E-state index in [1.54, 1.807) is 0 Å². The maximum Gasteiger partial charge on any atom is 0.0649 e. The predicted octanol–water partition coefficient (Wildman–Crippen LogP) is 3.05. The number of hydrogen-bond acceptors (Lipinski definition) is 0. The minimum atomic E-state index is 0.736. The highest BCUT2D eigenvalue weighted by Gasteiger charge is 1.90. The van der Waals surface area contributed by atoms with Crippen LogP contribution in [0.15, 0.2) is 18.2 Å². The van der Waals surface area contributed by atoms with Gasteiger partial charge in [0.15, 0.2) is 0 Å². The average Bonchev–Trinajstić information content (AvgIpc) is 1.99. The molecular weight excluding hydrogens is 212 g/mol. The molecule has 0 bridgehead atoms.